The van der Waals surface area contributed by atoms with Gasteiger partial charge in [0.2, 0.25) is 0 Å². The molecule has 0 spiro atoms. The lowest BCUT2D eigenvalue weighted by atomic mass is 10.1. The highest BCUT2D eigenvalue weighted by atomic mass is 35.5. The van der Waals surface area contributed by atoms with Gasteiger partial charge in [-0.05, 0) is 36.8 Å². The molecule has 2 aromatic heterocycles. The van der Waals surface area contributed by atoms with Gasteiger partial charge in [-0.25, -0.2) is 4.39 Å². The maximum atomic E-state index is 14.4. The Labute approximate surface area is 197 Å². The van der Waals surface area contributed by atoms with Gasteiger partial charge in [0.05, 0.1) is 34.5 Å². The van der Waals surface area contributed by atoms with Crippen molar-refractivity contribution in [1.82, 2.24) is 15.3 Å². The Bertz CT molecular complexity index is 1110. The van der Waals surface area contributed by atoms with Gasteiger partial charge in [0.1, 0.15) is 5.82 Å². The van der Waals surface area contributed by atoms with E-state index >= 15 is 0 Å². The first-order valence-electron chi connectivity index (χ1n) is 10.1. The molecule has 1 amide bonds. The summed E-state index contributed by atoms with van der Waals surface area (Å²) in [4.78, 5) is 23.1. The largest absolute Gasteiger partial charge is 0.375 e. The maximum Gasteiger partial charge on any atom is 0.255 e. The van der Waals surface area contributed by atoms with Crippen LogP contribution in [0.25, 0.3) is 11.3 Å². The molecule has 0 fully saturated rings. The zero-order valence-electron chi connectivity index (χ0n) is 18.1. The molecule has 168 valence electrons. The van der Waals surface area contributed by atoms with Crippen LogP contribution in [-0.2, 0) is 0 Å². The topological polar surface area (TPSA) is 70.1 Å². The number of hydrogen-bond acceptors (Lipinski definition) is 6. The van der Waals surface area contributed by atoms with E-state index < -0.39 is 5.82 Å². The average molecular weight is 474 g/mol. The molecule has 3 aromatic rings. The number of thiol groups is 1. The van der Waals surface area contributed by atoms with E-state index in [1.807, 2.05) is 25.9 Å². The van der Waals surface area contributed by atoms with Gasteiger partial charge in [-0.1, -0.05) is 18.5 Å². The van der Waals surface area contributed by atoms with E-state index in [0.717, 1.165) is 12.1 Å². The number of benzene rings is 1. The van der Waals surface area contributed by atoms with Gasteiger partial charge < -0.3 is 15.5 Å². The molecule has 0 saturated heterocycles. The Hall–Kier alpha value is -2.84. The molecule has 0 aliphatic heterocycles. The number of carbonyl (C=O) groups is 1. The van der Waals surface area contributed by atoms with E-state index in [0.29, 0.717) is 34.2 Å². The number of nitrogens with zero attached hydrogens (tertiary/aromatic N) is 3. The second-order valence-corrected chi connectivity index (χ2v) is 8.59. The predicted octanol–water partition coefficient (Wildman–Crippen LogP) is 5.18. The molecule has 6 nitrogen and oxygen atoms in total. The van der Waals surface area contributed by atoms with E-state index in [9.17, 15) is 9.18 Å². The fraction of sp³-hybridized carbons (Fsp3) is 0.261. The smallest absolute Gasteiger partial charge is 0.255 e. The van der Waals surface area contributed by atoms with Gasteiger partial charge in [0.25, 0.3) is 5.91 Å². The highest BCUT2D eigenvalue weighted by Crippen LogP contribution is 2.33. The summed E-state index contributed by atoms with van der Waals surface area (Å²) >= 11 is 10.5. The minimum absolute atomic E-state index is 0.0720. The molecule has 2 N–H and O–H groups in total. The van der Waals surface area contributed by atoms with Crippen molar-refractivity contribution in [2.24, 2.45) is 0 Å². The van der Waals surface area contributed by atoms with Crippen molar-refractivity contribution in [1.29, 1.82) is 0 Å². The Kier molecular flexibility index (Phi) is 7.93. The highest BCUT2D eigenvalue weighted by Gasteiger charge is 2.16. The Morgan fingerprint density at radius 1 is 1.22 bits per heavy atom. The van der Waals surface area contributed by atoms with Crippen molar-refractivity contribution in [3.63, 3.8) is 0 Å². The number of aromatic nitrogens is 2. The molecule has 3 rings (SSSR count). The Morgan fingerprint density at radius 2 is 2.00 bits per heavy atom. The van der Waals surface area contributed by atoms with Gasteiger partial charge in [-0.15, -0.1) is 0 Å². The number of nitrogens with one attached hydrogen (secondary N) is 2. The van der Waals surface area contributed by atoms with E-state index in [1.54, 1.807) is 24.5 Å². The molecule has 0 aliphatic carbocycles. The zero-order valence-corrected chi connectivity index (χ0v) is 19.7. The van der Waals surface area contributed by atoms with Crippen molar-refractivity contribution in [2.75, 3.05) is 30.9 Å². The minimum Gasteiger partial charge on any atom is -0.375 e. The summed E-state index contributed by atoms with van der Waals surface area (Å²) in [5.41, 5.74) is 3.08. The highest BCUT2D eigenvalue weighted by molar-refractivity contribution is 7.81. The number of carbonyl (C=O) groups excluding carboxylic acids is 1. The summed E-state index contributed by atoms with van der Waals surface area (Å²) in [5.74, 6) is -0.679. The number of rotatable bonds is 8. The molecule has 0 aliphatic rings. The van der Waals surface area contributed by atoms with Crippen molar-refractivity contribution >= 4 is 47.2 Å². The van der Waals surface area contributed by atoms with Crippen LogP contribution in [-0.4, -0.2) is 41.8 Å². The number of hydrogen-bond donors (Lipinski definition) is 3. The zero-order chi connectivity index (χ0) is 23.3. The van der Waals surface area contributed by atoms with Gasteiger partial charge in [-0.2, -0.15) is 12.6 Å². The third-order valence-electron chi connectivity index (χ3n) is 4.87. The van der Waals surface area contributed by atoms with Crippen LogP contribution in [0.15, 0.2) is 48.9 Å². The molecular weight excluding hydrogens is 449 g/mol. The Morgan fingerprint density at radius 3 is 2.72 bits per heavy atom. The van der Waals surface area contributed by atoms with Crippen LogP contribution in [0.1, 0.15) is 23.7 Å². The van der Waals surface area contributed by atoms with Crippen molar-refractivity contribution in [3.05, 3.63) is 65.3 Å². The van der Waals surface area contributed by atoms with Crippen LogP contribution in [0.4, 0.5) is 21.5 Å². The molecule has 32 heavy (non-hydrogen) atoms. The first-order valence-corrected chi connectivity index (χ1v) is 11.0. The molecule has 2 heterocycles. The fourth-order valence-corrected chi connectivity index (χ4v) is 3.29. The second-order valence-electron chi connectivity index (χ2n) is 7.42. The second kappa shape index (κ2) is 10.7. The Balaban J connectivity index is 1.98. The lowest BCUT2D eigenvalue weighted by Crippen LogP contribution is -2.30. The van der Waals surface area contributed by atoms with E-state index in [-0.39, 0.29) is 16.7 Å². The van der Waals surface area contributed by atoms with E-state index in [2.05, 4.69) is 33.2 Å². The van der Waals surface area contributed by atoms with Crippen LogP contribution in [0.5, 0.6) is 0 Å². The SMILES string of the molecule is CCC(S)CNC(=O)c1cnccc1Nc1cc(-c2cc(Cl)ccc2F)ncc1N(C)C. The van der Waals surface area contributed by atoms with E-state index in [4.69, 9.17) is 11.6 Å². The van der Waals surface area contributed by atoms with Crippen LogP contribution < -0.4 is 15.5 Å². The van der Waals surface area contributed by atoms with E-state index in [1.165, 1.54) is 24.4 Å². The molecule has 0 saturated carbocycles. The van der Waals surface area contributed by atoms with Crippen molar-refractivity contribution in [2.45, 2.75) is 18.6 Å². The van der Waals surface area contributed by atoms with Crippen LogP contribution >= 0.6 is 24.2 Å². The predicted molar refractivity (Wildman–Crippen MR) is 132 cm³/mol. The first-order chi connectivity index (χ1) is 15.3. The third-order valence-corrected chi connectivity index (χ3v) is 5.66. The molecule has 1 atom stereocenters. The quantitative estimate of drug-likeness (QED) is 0.393. The molecule has 9 heteroatoms. The number of pyridine rings is 2. The summed E-state index contributed by atoms with van der Waals surface area (Å²) in [7, 11) is 3.75. The van der Waals surface area contributed by atoms with Gasteiger partial charge in [-0.3, -0.25) is 14.8 Å². The molecule has 1 unspecified atom stereocenters. The minimum atomic E-state index is -0.424. The molecular formula is C23H25ClFN5OS. The summed E-state index contributed by atoms with van der Waals surface area (Å²) in [6.45, 7) is 2.45. The first kappa shape index (κ1) is 23.8. The van der Waals surface area contributed by atoms with Gasteiger partial charge in [0.15, 0.2) is 0 Å². The van der Waals surface area contributed by atoms with Crippen LogP contribution in [0, 0.1) is 5.82 Å². The fourth-order valence-electron chi connectivity index (χ4n) is 3.03. The number of amides is 1. The average Bonchev–Trinajstić information content (AvgIpc) is 2.79. The van der Waals surface area contributed by atoms with Crippen LogP contribution in [0.3, 0.4) is 0 Å². The molecule has 0 radical (unpaired) electrons. The molecule has 1 aromatic carbocycles. The van der Waals surface area contributed by atoms with Crippen LogP contribution in [0.2, 0.25) is 5.02 Å². The summed E-state index contributed by atoms with van der Waals surface area (Å²) in [6, 6.07) is 7.77. The van der Waals surface area contributed by atoms with Gasteiger partial charge >= 0.3 is 0 Å². The normalized spacial score (nSPS) is 11.7. The van der Waals surface area contributed by atoms with Crippen molar-refractivity contribution in [3.8, 4) is 11.3 Å². The lowest BCUT2D eigenvalue weighted by Gasteiger charge is -2.20. The summed E-state index contributed by atoms with van der Waals surface area (Å²) in [6.07, 6.45) is 5.59. The third kappa shape index (κ3) is 5.69. The standard InChI is InChI=1S/C23H25ClFN5OS/c1-4-15(32)11-28-23(31)17-12-26-8-7-19(17)29-21-10-20(27-13-22(21)30(2)3)16-9-14(24)5-6-18(16)25/h5-10,12-13,15,32H,4,11H2,1-3H3,(H,28,31)(H,26,27,29). The number of halogens is 2. The monoisotopic (exact) mass is 473 g/mol. The van der Waals surface area contributed by atoms with Crippen molar-refractivity contribution < 1.29 is 9.18 Å². The maximum absolute atomic E-state index is 14.4. The summed E-state index contributed by atoms with van der Waals surface area (Å²) in [5, 5.41) is 6.66. The van der Waals surface area contributed by atoms with Gasteiger partial charge in [0, 0.05) is 48.9 Å². The lowest BCUT2D eigenvalue weighted by molar-refractivity contribution is 0.0954. The molecule has 0 bridgehead atoms. The summed E-state index contributed by atoms with van der Waals surface area (Å²) < 4.78 is 14.4. The number of anilines is 3.